The molecule has 1 aliphatic carbocycles. The van der Waals surface area contributed by atoms with Crippen LogP contribution < -0.4 is 0 Å². The molecule has 3 unspecified atom stereocenters. The minimum absolute atomic E-state index is 0.542. The fraction of sp³-hybridized carbons (Fsp3) is 0.952. The van der Waals surface area contributed by atoms with E-state index in [0.717, 1.165) is 51.2 Å². The van der Waals surface area contributed by atoms with Crippen molar-refractivity contribution in [3.05, 3.63) is 0 Å². The minimum atomic E-state index is -0.542. The molecular formula is C21H38FN3. The first-order valence-electron chi connectivity index (χ1n) is 10.7. The maximum absolute atomic E-state index is 13.4. The van der Waals surface area contributed by atoms with Gasteiger partial charge in [0.25, 0.3) is 0 Å². The fourth-order valence-corrected chi connectivity index (χ4v) is 4.84. The number of guanidine groups is 1. The summed E-state index contributed by atoms with van der Waals surface area (Å²) in [7, 11) is 0. The van der Waals surface area contributed by atoms with E-state index in [4.69, 9.17) is 4.99 Å². The second-order valence-corrected chi connectivity index (χ2v) is 9.13. The van der Waals surface area contributed by atoms with Gasteiger partial charge in [-0.25, -0.2) is 4.39 Å². The van der Waals surface area contributed by atoms with Gasteiger partial charge in [-0.05, 0) is 56.3 Å². The summed E-state index contributed by atoms with van der Waals surface area (Å²) in [5, 5.41) is 0. The van der Waals surface area contributed by atoms with Crippen LogP contribution in [0.25, 0.3) is 0 Å². The molecule has 0 amide bonds. The minimum Gasteiger partial charge on any atom is -0.338 e. The lowest BCUT2D eigenvalue weighted by molar-refractivity contribution is 0.177. The van der Waals surface area contributed by atoms with Crippen molar-refractivity contribution in [3.8, 4) is 0 Å². The number of aliphatic imine (C=N–C) groups is 1. The largest absolute Gasteiger partial charge is 0.338 e. The number of rotatable bonds is 7. The molecule has 2 fully saturated rings. The number of halogens is 1. The van der Waals surface area contributed by atoms with Crippen molar-refractivity contribution in [2.75, 3.05) is 19.6 Å². The molecule has 2 aliphatic heterocycles. The van der Waals surface area contributed by atoms with Gasteiger partial charge in [-0.3, -0.25) is 4.99 Å². The number of hydrogen-bond donors (Lipinski definition) is 0. The highest BCUT2D eigenvalue weighted by atomic mass is 19.1. The van der Waals surface area contributed by atoms with Gasteiger partial charge in [0.2, 0.25) is 0 Å². The van der Waals surface area contributed by atoms with Crippen molar-refractivity contribution in [1.82, 2.24) is 9.80 Å². The van der Waals surface area contributed by atoms with E-state index < -0.39 is 6.17 Å². The standard InChI is InChI=1S/C21H38FN3/c1-5-16(4)20-14-25-19(12-17-6-8-18(22)9-7-17)13-23-21(25)24(20)11-10-15(2)3/h15-20H,5-14H2,1-4H3. The lowest BCUT2D eigenvalue weighted by Crippen LogP contribution is -2.39. The highest BCUT2D eigenvalue weighted by Gasteiger charge is 2.43. The number of hydrogen-bond acceptors (Lipinski definition) is 3. The Labute approximate surface area is 154 Å². The van der Waals surface area contributed by atoms with Crippen molar-refractivity contribution in [2.45, 2.75) is 90.9 Å². The average molecular weight is 352 g/mol. The molecule has 144 valence electrons. The van der Waals surface area contributed by atoms with Gasteiger partial charge >= 0.3 is 0 Å². The van der Waals surface area contributed by atoms with Crippen molar-refractivity contribution in [3.63, 3.8) is 0 Å². The molecule has 1 saturated carbocycles. The van der Waals surface area contributed by atoms with Gasteiger partial charge in [-0.2, -0.15) is 0 Å². The van der Waals surface area contributed by atoms with Gasteiger partial charge in [-0.15, -0.1) is 0 Å². The third-order valence-corrected chi connectivity index (χ3v) is 6.81. The molecule has 0 spiro atoms. The first-order chi connectivity index (χ1) is 12.0. The number of nitrogens with zero attached hydrogens (tertiary/aromatic N) is 3. The Balaban J connectivity index is 1.63. The predicted molar refractivity (Wildman–Crippen MR) is 104 cm³/mol. The summed E-state index contributed by atoms with van der Waals surface area (Å²) in [6.07, 6.45) is 6.85. The number of fused-ring (bicyclic) bond motifs is 1. The van der Waals surface area contributed by atoms with E-state index in [0.29, 0.717) is 23.9 Å². The zero-order valence-electron chi connectivity index (χ0n) is 16.8. The summed E-state index contributed by atoms with van der Waals surface area (Å²) in [6, 6.07) is 1.18. The maximum Gasteiger partial charge on any atom is 0.197 e. The van der Waals surface area contributed by atoms with Crippen LogP contribution in [-0.2, 0) is 0 Å². The quantitative estimate of drug-likeness (QED) is 0.661. The summed E-state index contributed by atoms with van der Waals surface area (Å²) in [4.78, 5) is 10.2. The second kappa shape index (κ2) is 8.26. The molecule has 0 N–H and O–H groups in total. The van der Waals surface area contributed by atoms with Crippen LogP contribution in [-0.4, -0.2) is 53.6 Å². The molecule has 0 aromatic heterocycles. The summed E-state index contributed by atoms with van der Waals surface area (Å²) >= 11 is 0. The topological polar surface area (TPSA) is 18.8 Å². The first kappa shape index (κ1) is 19.0. The third kappa shape index (κ3) is 4.31. The lowest BCUT2D eigenvalue weighted by atomic mass is 9.83. The molecular weight excluding hydrogens is 313 g/mol. The van der Waals surface area contributed by atoms with Crippen LogP contribution in [0, 0.1) is 17.8 Å². The third-order valence-electron chi connectivity index (χ3n) is 6.81. The van der Waals surface area contributed by atoms with E-state index in [-0.39, 0.29) is 0 Å². The molecule has 0 radical (unpaired) electrons. The van der Waals surface area contributed by atoms with E-state index in [1.807, 2.05) is 0 Å². The lowest BCUT2D eigenvalue weighted by Gasteiger charge is -2.30. The zero-order valence-corrected chi connectivity index (χ0v) is 16.8. The predicted octanol–water partition coefficient (Wildman–Crippen LogP) is 4.72. The molecule has 3 nitrogen and oxygen atoms in total. The Morgan fingerprint density at radius 1 is 1.16 bits per heavy atom. The number of alkyl halides is 1. The Bertz CT molecular complexity index is 456. The molecule has 4 heteroatoms. The van der Waals surface area contributed by atoms with E-state index in [1.165, 1.54) is 25.2 Å². The molecule has 25 heavy (non-hydrogen) atoms. The highest BCUT2D eigenvalue weighted by molar-refractivity contribution is 5.84. The monoisotopic (exact) mass is 351 g/mol. The van der Waals surface area contributed by atoms with Gasteiger partial charge in [0, 0.05) is 13.1 Å². The summed E-state index contributed by atoms with van der Waals surface area (Å²) < 4.78 is 13.4. The second-order valence-electron chi connectivity index (χ2n) is 9.13. The molecule has 2 heterocycles. The van der Waals surface area contributed by atoms with Crippen molar-refractivity contribution >= 4 is 5.96 Å². The summed E-state index contributed by atoms with van der Waals surface area (Å²) in [5.41, 5.74) is 0. The van der Waals surface area contributed by atoms with Crippen molar-refractivity contribution in [1.29, 1.82) is 0 Å². The normalized spacial score (nSPS) is 33.8. The molecule has 3 aliphatic rings. The van der Waals surface area contributed by atoms with Gasteiger partial charge < -0.3 is 9.80 Å². The van der Waals surface area contributed by atoms with Gasteiger partial charge in [-0.1, -0.05) is 34.1 Å². The van der Waals surface area contributed by atoms with Crippen LogP contribution in [0.1, 0.15) is 72.6 Å². The Morgan fingerprint density at radius 3 is 2.52 bits per heavy atom. The van der Waals surface area contributed by atoms with E-state index in [9.17, 15) is 4.39 Å². The smallest absolute Gasteiger partial charge is 0.197 e. The molecule has 0 bridgehead atoms. The Hall–Kier alpha value is -0.800. The molecule has 0 aromatic rings. The van der Waals surface area contributed by atoms with Gasteiger partial charge in [0.05, 0.1) is 18.6 Å². The molecule has 3 atom stereocenters. The summed E-state index contributed by atoms with van der Waals surface area (Å²) in [6.45, 7) is 12.6. The Kier molecular flexibility index (Phi) is 6.27. The van der Waals surface area contributed by atoms with Crippen molar-refractivity contribution in [2.24, 2.45) is 22.7 Å². The van der Waals surface area contributed by atoms with Crippen LogP contribution in [0.5, 0.6) is 0 Å². The molecule has 1 saturated heterocycles. The van der Waals surface area contributed by atoms with E-state index in [2.05, 4.69) is 37.5 Å². The van der Waals surface area contributed by atoms with Crippen LogP contribution in [0.4, 0.5) is 4.39 Å². The Morgan fingerprint density at radius 2 is 1.88 bits per heavy atom. The van der Waals surface area contributed by atoms with Crippen LogP contribution in [0.2, 0.25) is 0 Å². The van der Waals surface area contributed by atoms with Gasteiger partial charge in [0.15, 0.2) is 5.96 Å². The van der Waals surface area contributed by atoms with E-state index >= 15 is 0 Å². The molecule has 0 aromatic carbocycles. The van der Waals surface area contributed by atoms with E-state index in [1.54, 1.807) is 0 Å². The van der Waals surface area contributed by atoms with Crippen molar-refractivity contribution < 1.29 is 4.39 Å². The first-order valence-corrected chi connectivity index (χ1v) is 10.7. The average Bonchev–Trinajstić information content (AvgIpc) is 3.14. The molecule has 3 rings (SSSR count). The maximum atomic E-state index is 13.4. The van der Waals surface area contributed by atoms with Crippen LogP contribution in [0.15, 0.2) is 4.99 Å². The van der Waals surface area contributed by atoms with Crippen LogP contribution in [0.3, 0.4) is 0 Å². The fourth-order valence-electron chi connectivity index (χ4n) is 4.84. The summed E-state index contributed by atoms with van der Waals surface area (Å²) in [5.74, 6) is 3.43. The SMILES string of the molecule is CCC(C)C1CN2C(=NCC2CC2CCC(F)CC2)N1CCC(C)C. The zero-order chi connectivity index (χ0) is 18.0. The highest BCUT2D eigenvalue weighted by Crippen LogP contribution is 2.35. The van der Waals surface area contributed by atoms with Gasteiger partial charge in [0.1, 0.15) is 6.17 Å². The van der Waals surface area contributed by atoms with Crippen LogP contribution >= 0.6 is 0 Å².